The van der Waals surface area contributed by atoms with Crippen LogP contribution in [0.15, 0.2) is 6.20 Å². The summed E-state index contributed by atoms with van der Waals surface area (Å²) in [7, 11) is 0. The Kier molecular flexibility index (Phi) is 4.84. The van der Waals surface area contributed by atoms with E-state index in [0.717, 1.165) is 30.9 Å². The zero-order chi connectivity index (χ0) is 16.3. The molecule has 1 amide bonds. The van der Waals surface area contributed by atoms with Crippen molar-refractivity contribution in [1.82, 2.24) is 9.69 Å². The SMILES string of the molecule is CC(C)(C)OC(=O)NC1CCCN(c2sncc2[N+](=O)[O-])C1. The second-order valence-electron chi connectivity index (χ2n) is 6.20. The van der Waals surface area contributed by atoms with Gasteiger partial charge in [-0.05, 0) is 45.1 Å². The highest BCUT2D eigenvalue weighted by molar-refractivity contribution is 7.10. The zero-order valence-corrected chi connectivity index (χ0v) is 13.7. The monoisotopic (exact) mass is 328 g/mol. The first kappa shape index (κ1) is 16.5. The molecule has 1 aromatic heterocycles. The molecule has 1 aliphatic rings. The molecule has 1 fully saturated rings. The largest absolute Gasteiger partial charge is 0.444 e. The number of piperidine rings is 1. The second kappa shape index (κ2) is 6.47. The van der Waals surface area contributed by atoms with Crippen molar-refractivity contribution in [2.75, 3.05) is 18.0 Å². The zero-order valence-electron chi connectivity index (χ0n) is 12.9. The standard InChI is InChI=1S/C13H20N4O4S/c1-13(2,3)21-12(18)15-9-5-4-6-16(8-9)11-10(17(19)20)7-14-22-11/h7,9H,4-6,8H2,1-3H3,(H,15,18). The molecule has 1 unspecified atom stereocenters. The first-order chi connectivity index (χ1) is 10.3. The van der Waals surface area contributed by atoms with Crippen molar-refractivity contribution in [3.8, 4) is 0 Å². The summed E-state index contributed by atoms with van der Waals surface area (Å²) >= 11 is 1.11. The van der Waals surface area contributed by atoms with Crippen molar-refractivity contribution < 1.29 is 14.5 Å². The van der Waals surface area contributed by atoms with Gasteiger partial charge in [0.1, 0.15) is 11.8 Å². The van der Waals surface area contributed by atoms with Crippen LogP contribution in [0.2, 0.25) is 0 Å². The van der Waals surface area contributed by atoms with Gasteiger partial charge in [-0.25, -0.2) is 4.79 Å². The number of anilines is 1. The predicted molar refractivity (Wildman–Crippen MR) is 83.4 cm³/mol. The summed E-state index contributed by atoms with van der Waals surface area (Å²) in [5.74, 6) is 0. The average Bonchev–Trinajstić information content (AvgIpc) is 2.85. The molecule has 1 atom stereocenters. The van der Waals surface area contributed by atoms with Crippen molar-refractivity contribution in [1.29, 1.82) is 0 Å². The lowest BCUT2D eigenvalue weighted by Gasteiger charge is -2.33. The lowest BCUT2D eigenvalue weighted by molar-refractivity contribution is -0.383. The Hall–Kier alpha value is -1.90. The average molecular weight is 328 g/mol. The van der Waals surface area contributed by atoms with E-state index in [1.54, 1.807) is 20.8 Å². The number of carbonyl (C=O) groups excluding carboxylic acids is 1. The number of alkyl carbamates (subject to hydrolysis) is 1. The van der Waals surface area contributed by atoms with Gasteiger partial charge in [-0.15, -0.1) is 0 Å². The molecule has 122 valence electrons. The summed E-state index contributed by atoms with van der Waals surface area (Å²) in [4.78, 5) is 24.3. The van der Waals surface area contributed by atoms with Crippen LogP contribution in [-0.2, 0) is 4.74 Å². The third-order valence-corrected chi connectivity index (χ3v) is 4.01. The predicted octanol–water partition coefficient (Wildman–Crippen LogP) is 2.54. The van der Waals surface area contributed by atoms with Crippen LogP contribution in [0.25, 0.3) is 0 Å². The molecule has 22 heavy (non-hydrogen) atoms. The van der Waals surface area contributed by atoms with Gasteiger partial charge in [0.2, 0.25) is 0 Å². The van der Waals surface area contributed by atoms with E-state index in [0.29, 0.717) is 11.5 Å². The molecule has 0 aliphatic carbocycles. The summed E-state index contributed by atoms with van der Waals surface area (Å²) in [6.07, 6.45) is 2.47. The summed E-state index contributed by atoms with van der Waals surface area (Å²) in [6, 6.07) is -0.0923. The number of hydrogen-bond acceptors (Lipinski definition) is 7. The Bertz CT molecular complexity index is 554. The second-order valence-corrected chi connectivity index (χ2v) is 6.98. The molecule has 2 heterocycles. The van der Waals surface area contributed by atoms with E-state index >= 15 is 0 Å². The van der Waals surface area contributed by atoms with Gasteiger partial charge in [-0.2, -0.15) is 4.37 Å². The Morgan fingerprint density at radius 1 is 1.59 bits per heavy atom. The highest BCUT2D eigenvalue weighted by Gasteiger charge is 2.29. The van der Waals surface area contributed by atoms with Crippen LogP contribution in [0.3, 0.4) is 0 Å². The molecule has 1 N–H and O–H groups in total. The highest BCUT2D eigenvalue weighted by atomic mass is 32.1. The Balaban J connectivity index is 1.99. The van der Waals surface area contributed by atoms with Crippen LogP contribution in [0.1, 0.15) is 33.6 Å². The van der Waals surface area contributed by atoms with Crippen molar-refractivity contribution in [2.45, 2.75) is 45.3 Å². The number of nitrogens with zero attached hydrogens (tertiary/aromatic N) is 3. The number of amides is 1. The fourth-order valence-corrected chi connectivity index (χ4v) is 3.08. The molecule has 1 aliphatic heterocycles. The van der Waals surface area contributed by atoms with E-state index in [1.807, 2.05) is 4.90 Å². The maximum Gasteiger partial charge on any atom is 0.407 e. The van der Waals surface area contributed by atoms with Gasteiger partial charge in [-0.3, -0.25) is 10.1 Å². The van der Waals surface area contributed by atoms with Crippen molar-refractivity contribution >= 4 is 28.3 Å². The maximum absolute atomic E-state index is 11.8. The lowest BCUT2D eigenvalue weighted by Crippen LogP contribution is -2.48. The number of nitro groups is 1. The minimum atomic E-state index is -0.547. The van der Waals surface area contributed by atoms with Gasteiger partial charge >= 0.3 is 11.8 Å². The van der Waals surface area contributed by atoms with Crippen molar-refractivity contribution in [2.24, 2.45) is 0 Å². The number of ether oxygens (including phenoxy) is 1. The Morgan fingerprint density at radius 3 is 2.95 bits per heavy atom. The van der Waals surface area contributed by atoms with Crippen LogP contribution >= 0.6 is 11.5 Å². The topological polar surface area (TPSA) is 97.6 Å². The molecular formula is C13H20N4O4S. The molecule has 0 saturated carbocycles. The molecule has 0 bridgehead atoms. The Labute approximate surface area is 132 Å². The molecule has 1 aromatic rings. The molecule has 0 aromatic carbocycles. The first-order valence-corrected chi connectivity index (χ1v) is 7.87. The van der Waals surface area contributed by atoms with Gasteiger partial charge in [-0.1, -0.05) is 0 Å². The summed E-state index contributed by atoms with van der Waals surface area (Å²) in [6.45, 7) is 6.65. The van der Waals surface area contributed by atoms with Gasteiger partial charge in [0.05, 0.1) is 4.92 Å². The molecular weight excluding hydrogens is 308 g/mol. The van der Waals surface area contributed by atoms with E-state index < -0.39 is 16.6 Å². The van der Waals surface area contributed by atoms with Gasteiger partial charge in [0.15, 0.2) is 5.00 Å². The third-order valence-electron chi connectivity index (χ3n) is 3.16. The molecule has 8 nitrogen and oxygen atoms in total. The fraction of sp³-hybridized carbons (Fsp3) is 0.692. The molecule has 0 radical (unpaired) electrons. The third kappa shape index (κ3) is 4.30. The van der Waals surface area contributed by atoms with Gasteiger partial charge in [0, 0.05) is 19.1 Å². The summed E-state index contributed by atoms with van der Waals surface area (Å²) < 4.78 is 9.14. The number of hydrogen-bond donors (Lipinski definition) is 1. The number of carbonyl (C=O) groups is 1. The smallest absolute Gasteiger partial charge is 0.407 e. The molecule has 1 saturated heterocycles. The number of nitrogens with one attached hydrogen (secondary N) is 1. The lowest BCUT2D eigenvalue weighted by atomic mass is 10.1. The van der Waals surface area contributed by atoms with Crippen LogP contribution in [0, 0.1) is 10.1 Å². The van der Waals surface area contributed by atoms with E-state index in [1.165, 1.54) is 6.20 Å². The first-order valence-electron chi connectivity index (χ1n) is 7.10. The number of rotatable bonds is 3. The van der Waals surface area contributed by atoms with Crippen LogP contribution < -0.4 is 10.2 Å². The fourth-order valence-electron chi connectivity index (χ4n) is 2.33. The maximum atomic E-state index is 11.8. The van der Waals surface area contributed by atoms with Gasteiger partial charge < -0.3 is 15.0 Å². The molecule has 2 rings (SSSR count). The van der Waals surface area contributed by atoms with E-state index in [2.05, 4.69) is 9.69 Å². The summed E-state index contributed by atoms with van der Waals surface area (Å²) in [5.41, 5.74) is -0.530. The van der Waals surface area contributed by atoms with Crippen LogP contribution in [0.4, 0.5) is 15.5 Å². The van der Waals surface area contributed by atoms with Crippen LogP contribution in [0.5, 0.6) is 0 Å². The Morgan fingerprint density at radius 2 is 2.32 bits per heavy atom. The quantitative estimate of drug-likeness (QED) is 0.676. The molecule has 0 spiro atoms. The summed E-state index contributed by atoms with van der Waals surface area (Å²) in [5, 5.41) is 14.4. The minimum absolute atomic E-state index is 0.0166. The highest BCUT2D eigenvalue weighted by Crippen LogP contribution is 2.33. The van der Waals surface area contributed by atoms with Crippen molar-refractivity contribution in [3.05, 3.63) is 16.3 Å². The molecule has 9 heteroatoms. The van der Waals surface area contributed by atoms with E-state index in [-0.39, 0.29) is 11.7 Å². The van der Waals surface area contributed by atoms with E-state index in [4.69, 9.17) is 4.74 Å². The normalized spacial score (nSPS) is 18.9. The van der Waals surface area contributed by atoms with Crippen LogP contribution in [-0.4, -0.2) is 40.1 Å². The number of aromatic nitrogens is 1. The van der Waals surface area contributed by atoms with Crippen molar-refractivity contribution in [3.63, 3.8) is 0 Å². The van der Waals surface area contributed by atoms with E-state index in [9.17, 15) is 14.9 Å². The minimum Gasteiger partial charge on any atom is -0.444 e. The van der Waals surface area contributed by atoms with Gasteiger partial charge in [0.25, 0.3) is 0 Å².